The second-order valence-corrected chi connectivity index (χ2v) is 6.76. The van der Waals surface area contributed by atoms with Crippen LogP contribution in [0.2, 0.25) is 0 Å². The lowest BCUT2D eigenvalue weighted by Gasteiger charge is -2.32. The molecule has 1 aliphatic rings. The average Bonchev–Trinajstić information content (AvgIpc) is 2.67. The van der Waals surface area contributed by atoms with Crippen molar-refractivity contribution in [1.29, 1.82) is 0 Å². The lowest BCUT2D eigenvalue weighted by molar-refractivity contribution is -0.134. The maximum atomic E-state index is 12.4. The highest BCUT2D eigenvalue weighted by Gasteiger charge is 2.23. The molecule has 0 unspecified atom stereocenters. The highest BCUT2D eigenvalue weighted by molar-refractivity contribution is 5.77. The summed E-state index contributed by atoms with van der Waals surface area (Å²) in [7, 11) is 0. The van der Waals surface area contributed by atoms with Crippen LogP contribution in [-0.4, -0.2) is 30.5 Å². The summed E-state index contributed by atoms with van der Waals surface area (Å²) in [5.41, 5.74) is 2.55. The summed E-state index contributed by atoms with van der Waals surface area (Å²) in [5.74, 6) is 1.61. The number of carbonyl (C=O) groups is 1. The molecular formula is C22H27NO2. The monoisotopic (exact) mass is 337 g/mol. The third-order valence-electron chi connectivity index (χ3n) is 5.04. The van der Waals surface area contributed by atoms with Crippen molar-refractivity contribution in [2.45, 2.75) is 32.6 Å². The topological polar surface area (TPSA) is 29.5 Å². The number of para-hydroxylation sites is 1. The Morgan fingerprint density at radius 3 is 2.44 bits per heavy atom. The van der Waals surface area contributed by atoms with Gasteiger partial charge in [-0.25, -0.2) is 0 Å². The van der Waals surface area contributed by atoms with Gasteiger partial charge in [-0.2, -0.15) is 0 Å². The SMILES string of the molecule is CCc1ccccc1OCC(=O)N1CCC(Cc2ccccc2)CC1. The van der Waals surface area contributed by atoms with Gasteiger partial charge >= 0.3 is 0 Å². The number of nitrogens with zero attached hydrogens (tertiary/aromatic N) is 1. The zero-order valence-corrected chi connectivity index (χ0v) is 15.0. The molecule has 0 atom stereocenters. The molecule has 0 aromatic heterocycles. The third kappa shape index (κ3) is 4.85. The third-order valence-corrected chi connectivity index (χ3v) is 5.04. The lowest BCUT2D eigenvalue weighted by atomic mass is 9.90. The first kappa shape index (κ1) is 17.5. The van der Waals surface area contributed by atoms with Crippen LogP contribution in [0.4, 0.5) is 0 Å². The largest absolute Gasteiger partial charge is 0.483 e. The molecule has 25 heavy (non-hydrogen) atoms. The van der Waals surface area contributed by atoms with Crippen molar-refractivity contribution < 1.29 is 9.53 Å². The number of benzene rings is 2. The molecule has 3 rings (SSSR count). The van der Waals surface area contributed by atoms with E-state index >= 15 is 0 Å². The minimum Gasteiger partial charge on any atom is -0.483 e. The molecule has 0 radical (unpaired) electrons. The van der Waals surface area contributed by atoms with Crippen LogP contribution in [0.25, 0.3) is 0 Å². The molecule has 3 heteroatoms. The Kier molecular flexibility index (Phi) is 6.10. The van der Waals surface area contributed by atoms with Crippen molar-refractivity contribution in [3.8, 4) is 5.75 Å². The van der Waals surface area contributed by atoms with Crippen LogP contribution in [0.3, 0.4) is 0 Å². The van der Waals surface area contributed by atoms with Crippen molar-refractivity contribution in [2.24, 2.45) is 5.92 Å². The van der Waals surface area contributed by atoms with E-state index < -0.39 is 0 Å². The van der Waals surface area contributed by atoms with Gasteiger partial charge in [0.05, 0.1) is 0 Å². The fraction of sp³-hybridized carbons (Fsp3) is 0.409. The van der Waals surface area contributed by atoms with Crippen LogP contribution in [0.15, 0.2) is 54.6 Å². The first-order valence-electron chi connectivity index (χ1n) is 9.28. The Bertz CT molecular complexity index is 675. The number of piperidine rings is 1. The maximum Gasteiger partial charge on any atom is 0.260 e. The van der Waals surface area contributed by atoms with E-state index in [1.807, 2.05) is 23.1 Å². The Morgan fingerprint density at radius 1 is 1.04 bits per heavy atom. The fourth-order valence-corrected chi connectivity index (χ4v) is 3.50. The minimum atomic E-state index is 0.101. The summed E-state index contributed by atoms with van der Waals surface area (Å²) in [6, 6.07) is 18.6. The molecular weight excluding hydrogens is 310 g/mol. The summed E-state index contributed by atoms with van der Waals surface area (Å²) >= 11 is 0. The number of likely N-dealkylation sites (tertiary alicyclic amines) is 1. The number of amides is 1. The predicted molar refractivity (Wildman–Crippen MR) is 101 cm³/mol. The number of carbonyl (C=O) groups excluding carboxylic acids is 1. The van der Waals surface area contributed by atoms with E-state index in [1.165, 1.54) is 5.56 Å². The van der Waals surface area contributed by atoms with E-state index in [-0.39, 0.29) is 12.5 Å². The second kappa shape index (κ2) is 8.70. The molecule has 0 aliphatic carbocycles. The minimum absolute atomic E-state index is 0.101. The van der Waals surface area contributed by atoms with E-state index in [0.29, 0.717) is 5.92 Å². The summed E-state index contributed by atoms with van der Waals surface area (Å²) in [4.78, 5) is 14.4. The fourth-order valence-electron chi connectivity index (χ4n) is 3.50. The van der Waals surface area contributed by atoms with Gasteiger partial charge in [-0.1, -0.05) is 55.5 Å². The van der Waals surface area contributed by atoms with Crippen molar-refractivity contribution in [3.63, 3.8) is 0 Å². The van der Waals surface area contributed by atoms with Crippen LogP contribution in [0, 0.1) is 5.92 Å². The van der Waals surface area contributed by atoms with E-state index in [9.17, 15) is 4.79 Å². The van der Waals surface area contributed by atoms with E-state index in [4.69, 9.17) is 4.74 Å². The molecule has 1 fully saturated rings. The molecule has 1 saturated heterocycles. The zero-order valence-electron chi connectivity index (χ0n) is 15.0. The first-order valence-corrected chi connectivity index (χ1v) is 9.28. The Labute approximate surface area is 150 Å². The Morgan fingerprint density at radius 2 is 1.72 bits per heavy atom. The summed E-state index contributed by atoms with van der Waals surface area (Å²) < 4.78 is 5.77. The standard InChI is InChI=1S/C22H27NO2/c1-2-20-10-6-7-11-21(20)25-17-22(24)23-14-12-19(13-15-23)16-18-8-4-3-5-9-18/h3-11,19H,2,12-17H2,1H3. The lowest BCUT2D eigenvalue weighted by Crippen LogP contribution is -2.41. The van der Waals surface area contributed by atoms with Crippen molar-refractivity contribution in [1.82, 2.24) is 4.90 Å². The van der Waals surface area contributed by atoms with E-state index in [0.717, 1.165) is 50.1 Å². The van der Waals surface area contributed by atoms with E-state index in [2.05, 4.69) is 43.3 Å². The smallest absolute Gasteiger partial charge is 0.260 e. The van der Waals surface area contributed by atoms with Gasteiger partial charge in [0.2, 0.25) is 0 Å². The number of hydrogen-bond acceptors (Lipinski definition) is 2. The van der Waals surface area contributed by atoms with Crippen LogP contribution in [-0.2, 0) is 17.6 Å². The van der Waals surface area contributed by atoms with E-state index in [1.54, 1.807) is 0 Å². The second-order valence-electron chi connectivity index (χ2n) is 6.76. The molecule has 1 aliphatic heterocycles. The molecule has 0 spiro atoms. The van der Waals surface area contributed by atoms with Gasteiger partial charge < -0.3 is 9.64 Å². The molecule has 3 nitrogen and oxygen atoms in total. The van der Waals surface area contributed by atoms with Crippen molar-refractivity contribution >= 4 is 5.91 Å². The highest BCUT2D eigenvalue weighted by atomic mass is 16.5. The quantitative estimate of drug-likeness (QED) is 0.794. The molecule has 2 aromatic carbocycles. The van der Waals surface area contributed by atoms with Gasteiger partial charge in [0.25, 0.3) is 5.91 Å². The Balaban J connectivity index is 1.45. The summed E-state index contributed by atoms with van der Waals surface area (Å²) in [6.07, 6.45) is 4.18. The van der Waals surface area contributed by atoms with Crippen molar-refractivity contribution in [3.05, 3.63) is 65.7 Å². The first-order chi connectivity index (χ1) is 12.3. The van der Waals surface area contributed by atoms with Gasteiger partial charge in [0.1, 0.15) is 5.75 Å². The van der Waals surface area contributed by atoms with Crippen LogP contribution < -0.4 is 4.74 Å². The highest BCUT2D eigenvalue weighted by Crippen LogP contribution is 2.22. The summed E-state index contributed by atoms with van der Waals surface area (Å²) in [6.45, 7) is 3.92. The molecule has 1 amide bonds. The molecule has 2 aromatic rings. The number of ether oxygens (including phenoxy) is 1. The molecule has 0 N–H and O–H groups in total. The van der Waals surface area contributed by atoms with Crippen LogP contribution in [0.5, 0.6) is 5.75 Å². The molecule has 0 bridgehead atoms. The average molecular weight is 337 g/mol. The maximum absolute atomic E-state index is 12.4. The zero-order chi connectivity index (χ0) is 17.5. The number of rotatable bonds is 6. The number of hydrogen-bond donors (Lipinski definition) is 0. The van der Waals surface area contributed by atoms with Gasteiger partial charge in [0, 0.05) is 13.1 Å². The van der Waals surface area contributed by atoms with Gasteiger partial charge in [0.15, 0.2) is 6.61 Å². The molecule has 1 heterocycles. The number of aryl methyl sites for hydroxylation is 1. The molecule has 0 saturated carbocycles. The summed E-state index contributed by atoms with van der Waals surface area (Å²) in [5, 5.41) is 0. The van der Waals surface area contributed by atoms with Gasteiger partial charge in [-0.15, -0.1) is 0 Å². The van der Waals surface area contributed by atoms with Crippen LogP contribution >= 0.6 is 0 Å². The molecule has 132 valence electrons. The van der Waals surface area contributed by atoms with Gasteiger partial charge in [-0.05, 0) is 48.8 Å². The Hall–Kier alpha value is -2.29. The normalized spacial score (nSPS) is 15.2. The van der Waals surface area contributed by atoms with Crippen molar-refractivity contribution in [2.75, 3.05) is 19.7 Å². The van der Waals surface area contributed by atoms with Gasteiger partial charge in [-0.3, -0.25) is 4.79 Å². The predicted octanol–water partition coefficient (Wildman–Crippen LogP) is 4.11. The van der Waals surface area contributed by atoms with Crippen LogP contribution in [0.1, 0.15) is 30.9 Å².